The number of benzene rings is 2. The van der Waals surface area contributed by atoms with Gasteiger partial charge < -0.3 is 14.8 Å². The molecule has 4 rings (SSSR count). The summed E-state index contributed by atoms with van der Waals surface area (Å²) < 4.78 is 39.0. The molecule has 8 heteroatoms. The molecule has 0 spiro atoms. The molecule has 0 radical (unpaired) electrons. The molecule has 27 heavy (non-hydrogen) atoms. The third-order valence-electron chi connectivity index (χ3n) is 4.57. The summed E-state index contributed by atoms with van der Waals surface area (Å²) in [6.07, 6.45) is -0.379. The van der Waals surface area contributed by atoms with Crippen LogP contribution in [0.2, 0.25) is 0 Å². The van der Waals surface area contributed by atoms with E-state index in [0.717, 1.165) is 0 Å². The number of para-hydroxylation sites is 2. The number of carbonyl (C=O) groups is 1. The van der Waals surface area contributed by atoms with Crippen LogP contribution in [-0.4, -0.2) is 43.9 Å². The average molecular weight is 388 g/mol. The van der Waals surface area contributed by atoms with Gasteiger partial charge in [-0.05, 0) is 44.2 Å². The lowest BCUT2D eigenvalue weighted by atomic mass is 10.2. The number of anilines is 1. The van der Waals surface area contributed by atoms with Gasteiger partial charge in [-0.25, -0.2) is 8.42 Å². The first-order chi connectivity index (χ1) is 12.8. The molecule has 2 aromatic rings. The minimum Gasteiger partial charge on any atom is -0.454 e. The quantitative estimate of drug-likeness (QED) is 0.855. The molecular weight excluding hydrogens is 368 g/mol. The van der Waals surface area contributed by atoms with Crippen molar-refractivity contribution < 1.29 is 22.7 Å². The Labute approximate surface area is 157 Å². The zero-order chi connectivity index (χ0) is 19.2. The van der Waals surface area contributed by atoms with Gasteiger partial charge in [0.2, 0.25) is 10.0 Å². The maximum Gasteiger partial charge on any atom is 0.259 e. The molecule has 1 saturated heterocycles. The van der Waals surface area contributed by atoms with Gasteiger partial charge in [-0.15, -0.1) is 0 Å². The number of amides is 1. The van der Waals surface area contributed by atoms with Crippen LogP contribution >= 0.6 is 0 Å². The lowest BCUT2D eigenvalue weighted by Gasteiger charge is -2.34. The number of sulfonamides is 1. The molecule has 0 aliphatic carbocycles. The lowest BCUT2D eigenvalue weighted by molar-refractivity contribution is -0.0440. The average Bonchev–Trinajstić information content (AvgIpc) is 2.76. The lowest BCUT2D eigenvalue weighted by Crippen LogP contribution is -2.48. The Morgan fingerprint density at radius 3 is 2.48 bits per heavy atom. The van der Waals surface area contributed by atoms with Crippen LogP contribution in [0.4, 0.5) is 5.69 Å². The van der Waals surface area contributed by atoms with Gasteiger partial charge in [0.1, 0.15) is 5.75 Å². The number of ether oxygens (including phenoxy) is 2. The fourth-order valence-electron chi connectivity index (χ4n) is 3.38. The van der Waals surface area contributed by atoms with Crippen LogP contribution in [0.25, 0.3) is 0 Å². The van der Waals surface area contributed by atoms with Crippen molar-refractivity contribution in [3.05, 3.63) is 48.0 Å². The number of hydrogen-bond acceptors (Lipinski definition) is 5. The predicted molar refractivity (Wildman–Crippen MR) is 99.7 cm³/mol. The maximum absolute atomic E-state index is 13.1. The molecule has 1 amide bonds. The van der Waals surface area contributed by atoms with Crippen molar-refractivity contribution in [3.8, 4) is 11.5 Å². The molecule has 7 nitrogen and oxygen atoms in total. The molecule has 2 unspecified atom stereocenters. The highest BCUT2D eigenvalue weighted by Crippen LogP contribution is 2.36. The second kappa shape index (κ2) is 6.63. The van der Waals surface area contributed by atoms with E-state index in [4.69, 9.17) is 9.47 Å². The van der Waals surface area contributed by atoms with Gasteiger partial charge in [-0.2, -0.15) is 4.31 Å². The van der Waals surface area contributed by atoms with Gasteiger partial charge in [-0.3, -0.25) is 4.79 Å². The molecule has 2 atom stereocenters. The van der Waals surface area contributed by atoms with Gasteiger partial charge >= 0.3 is 0 Å². The zero-order valence-electron chi connectivity index (χ0n) is 15.0. The Bertz CT molecular complexity index is 995. The molecule has 0 aromatic heterocycles. The number of carbonyl (C=O) groups excluding carboxylic acids is 1. The van der Waals surface area contributed by atoms with Gasteiger partial charge in [0.15, 0.2) is 5.75 Å². The van der Waals surface area contributed by atoms with E-state index in [1.165, 1.54) is 22.5 Å². The molecule has 142 valence electrons. The van der Waals surface area contributed by atoms with E-state index in [1.807, 2.05) is 13.8 Å². The number of hydrogen-bond donors (Lipinski definition) is 1. The van der Waals surface area contributed by atoms with Crippen LogP contribution in [0, 0.1) is 0 Å². The second-order valence-corrected chi connectivity index (χ2v) is 8.73. The number of morpholine rings is 1. The molecule has 2 aliphatic rings. The van der Waals surface area contributed by atoms with Crippen molar-refractivity contribution in [2.45, 2.75) is 31.0 Å². The topological polar surface area (TPSA) is 84.9 Å². The standard InChI is InChI=1S/C19H20N2O5S/c1-12-10-21(11-13(2)25-12)27(23,24)14-7-8-17-15(9-14)19(22)20-16-5-3-4-6-18(16)26-17/h3-9,12-13H,10-11H2,1-2H3,(H,20,22). The SMILES string of the molecule is CC1CN(S(=O)(=O)c2ccc3c(c2)C(=O)Nc2ccccc2O3)CC(C)O1. The van der Waals surface area contributed by atoms with E-state index in [2.05, 4.69) is 5.32 Å². The molecule has 1 N–H and O–H groups in total. The minimum atomic E-state index is -3.75. The van der Waals surface area contributed by atoms with Crippen LogP contribution in [-0.2, 0) is 14.8 Å². The van der Waals surface area contributed by atoms with E-state index in [0.29, 0.717) is 17.2 Å². The smallest absolute Gasteiger partial charge is 0.259 e. The first kappa shape index (κ1) is 18.0. The summed E-state index contributed by atoms with van der Waals surface area (Å²) in [5.41, 5.74) is 0.723. The zero-order valence-corrected chi connectivity index (χ0v) is 15.8. The van der Waals surface area contributed by atoms with Crippen LogP contribution < -0.4 is 10.1 Å². The third kappa shape index (κ3) is 3.31. The van der Waals surface area contributed by atoms with Crippen molar-refractivity contribution in [2.24, 2.45) is 0 Å². The molecule has 2 aliphatic heterocycles. The molecule has 2 aromatic carbocycles. The number of rotatable bonds is 2. The van der Waals surface area contributed by atoms with Gasteiger partial charge in [0.25, 0.3) is 5.91 Å². The molecule has 1 fully saturated rings. The summed E-state index contributed by atoms with van der Waals surface area (Å²) in [7, 11) is -3.75. The number of nitrogens with one attached hydrogen (secondary N) is 1. The highest BCUT2D eigenvalue weighted by molar-refractivity contribution is 7.89. The Hall–Kier alpha value is -2.42. The summed E-state index contributed by atoms with van der Waals surface area (Å²) in [6, 6.07) is 11.4. The normalized spacial score (nSPS) is 22.8. The largest absolute Gasteiger partial charge is 0.454 e. The predicted octanol–water partition coefficient (Wildman–Crippen LogP) is 2.84. The Kier molecular flexibility index (Phi) is 4.41. The maximum atomic E-state index is 13.1. The summed E-state index contributed by atoms with van der Waals surface area (Å²) in [5, 5.41) is 2.76. The first-order valence-corrected chi connectivity index (χ1v) is 10.2. The van der Waals surface area contributed by atoms with Crippen LogP contribution in [0.1, 0.15) is 24.2 Å². The number of nitrogens with zero attached hydrogens (tertiary/aromatic N) is 1. The van der Waals surface area contributed by atoms with Gasteiger partial charge in [-0.1, -0.05) is 12.1 Å². The number of fused-ring (bicyclic) bond motifs is 2. The Balaban J connectivity index is 1.71. The van der Waals surface area contributed by atoms with E-state index in [1.54, 1.807) is 24.3 Å². The second-order valence-electron chi connectivity index (χ2n) is 6.79. The minimum absolute atomic E-state index is 0.0623. The van der Waals surface area contributed by atoms with Crippen molar-refractivity contribution in [1.82, 2.24) is 4.31 Å². The van der Waals surface area contributed by atoms with E-state index < -0.39 is 15.9 Å². The van der Waals surface area contributed by atoms with Crippen molar-refractivity contribution in [1.29, 1.82) is 0 Å². The van der Waals surface area contributed by atoms with E-state index >= 15 is 0 Å². The monoisotopic (exact) mass is 388 g/mol. The fraction of sp³-hybridized carbons (Fsp3) is 0.316. The Morgan fingerprint density at radius 1 is 1.04 bits per heavy atom. The Morgan fingerprint density at radius 2 is 1.74 bits per heavy atom. The molecule has 0 saturated carbocycles. The highest BCUT2D eigenvalue weighted by atomic mass is 32.2. The summed E-state index contributed by atoms with van der Waals surface area (Å²) in [4.78, 5) is 12.7. The third-order valence-corrected chi connectivity index (χ3v) is 6.40. The van der Waals surface area contributed by atoms with Crippen LogP contribution in [0.15, 0.2) is 47.4 Å². The van der Waals surface area contributed by atoms with Gasteiger partial charge in [0, 0.05) is 13.1 Å². The van der Waals surface area contributed by atoms with Crippen LogP contribution in [0.5, 0.6) is 11.5 Å². The van der Waals surface area contributed by atoms with Crippen LogP contribution in [0.3, 0.4) is 0 Å². The van der Waals surface area contributed by atoms with Crippen molar-refractivity contribution in [2.75, 3.05) is 18.4 Å². The van der Waals surface area contributed by atoms with E-state index in [9.17, 15) is 13.2 Å². The molecule has 0 bridgehead atoms. The first-order valence-electron chi connectivity index (χ1n) is 8.72. The van der Waals surface area contributed by atoms with Crippen molar-refractivity contribution in [3.63, 3.8) is 0 Å². The van der Waals surface area contributed by atoms with Crippen molar-refractivity contribution >= 4 is 21.6 Å². The van der Waals surface area contributed by atoms with Gasteiger partial charge in [0.05, 0.1) is 28.4 Å². The fourth-order valence-corrected chi connectivity index (χ4v) is 5.00. The molecule has 2 heterocycles. The van der Waals surface area contributed by atoms with E-state index in [-0.39, 0.29) is 35.8 Å². The highest BCUT2D eigenvalue weighted by Gasteiger charge is 2.33. The summed E-state index contributed by atoms with van der Waals surface area (Å²) in [6.45, 7) is 4.23. The summed E-state index contributed by atoms with van der Waals surface area (Å²) in [5.74, 6) is 0.423. The molecular formula is C19H20N2O5S. The summed E-state index contributed by atoms with van der Waals surface area (Å²) >= 11 is 0.